The number of benzene rings is 1. The third kappa shape index (κ3) is 7.67. The maximum atomic E-state index is 14.4. The van der Waals surface area contributed by atoms with Gasteiger partial charge >= 0.3 is 6.09 Å². The molecule has 2 aromatic rings. The number of rotatable bonds is 11. The summed E-state index contributed by atoms with van der Waals surface area (Å²) in [5.41, 5.74) is -1.49. The second kappa shape index (κ2) is 13.3. The highest BCUT2D eigenvalue weighted by Crippen LogP contribution is 2.46. The molecule has 51 heavy (non-hydrogen) atoms. The summed E-state index contributed by atoms with van der Waals surface area (Å²) in [6.07, 6.45) is 4.48. The molecular weight excluding hydrogens is 675 g/mol. The van der Waals surface area contributed by atoms with E-state index in [0.717, 1.165) is 28.5 Å². The van der Waals surface area contributed by atoms with Crippen molar-refractivity contribution in [2.45, 2.75) is 121 Å². The van der Waals surface area contributed by atoms with E-state index < -0.39 is 79.9 Å². The summed E-state index contributed by atoms with van der Waals surface area (Å²) in [7, 11) is -3.84. The summed E-state index contributed by atoms with van der Waals surface area (Å²) in [5, 5.41) is 7.10. The number of alkyl carbamates (subject to hydrolysis) is 1. The van der Waals surface area contributed by atoms with E-state index in [2.05, 4.69) is 26.9 Å². The Hall–Kier alpha value is -3.91. The van der Waals surface area contributed by atoms with Crippen LogP contribution in [0, 0.1) is 11.3 Å². The fourth-order valence-corrected chi connectivity index (χ4v) is 8.81. The maximum absolute atomic E-state index is 14.4. The second-order valence-electron chi connectivity index (χ2n) is 16.5. The van der Waals surface area contributed by atoms with Gasteiger partial charge in [-0.2, -0.15) is 0 Å². The Bertz CT molecular complexity index is 1830. The van der Waals surface area contributed by atoms with Gasteiger partial charge in [-0.25, -0.2) is 18.2 Å². The summed E-state index contributed by atoms with van der Waals surface area (Å²) in [4.78, 5) is 47.6. The van der Waals surface area contributed by atoms with Gasteiger partial charge in [0.05, 0.1) is 23.9 Å². The van der Waals surface area contributed by atoms with E-state index in [-0.39, 0.29) is 12.8 Å². The lowest BCUT2D eigenvalue weighted by Crippen LogP contribution is -2.61. The van der Waals surface area contributed by atoms with Crippen molar-refractivity contribution in [3.63, 3.8) is 0 Å². The second-order valence-corrected chi connectivity index (χ2v) is 18.4. The Kier molecular flexibility index (Phi) is 9.58. The normalized spacial score (nSPS) is 26.0. The van der Waals surface area contributed by atoms with Crippen LogP contribution >= 0.6 is 0 Å². The van der Waals surface area contributed by atoms with Crippen molar-refractivity contribution in [2.75, 3.05) is 13.2 Å². The number of hydrogen-bond donors (Lipinski definition) is 3. The van der Waals surface area contributed by atoms with Crippen LogP contribution < -0.4 is 24.8 Å². The molecule has 3 heterocycles. The number of likely N-dealkylation sites (tertiary alicyclic amines) is 1. The van der Waals surface area contributed by atoms with Crippen LogP contribution in [-0.2, 0) is 30.8 Å². The van der Waals surface area contributed by atoms with Crippen molar-refractivity contribution in [3.05, 3.63) is 42.6 Å². The number of carbonyl (C=O) groups excluding carboxylic acids is 3. The Morgan fingerprint density at radius 2 is 1.84 bits per heavy atom. The van der Waals surface area contributed by atoms with Gasteiger partial charge in [0.25, 0.3) is 5.91 Å². The first-order valence-corrected chi connectivity index (χ1v) is 19.3. The standard InChI is InChI=1S/C37H51N5O8S/c1-9-23-19-37(23,33(44)41-51(46,47)25-11-12-25)40-31(43)28-18-24(49-32-27-13-10-22-15-17-48-29(22)26(27)14-16-38-32)20-42(28)21(2)30(35(3,4)5)39-34(45)50-36(6,7)8/h9-10,13-14,16,21,23-25,28,30H,1,11-12,15,17-20H2,2-8H3,(H,39,45)(H,40,43)(H,41,44)/t21?,23-,24-,28+,30-,37-/m1/s1. The Morgan fingerprint density at radius 3 is 2.47 bits per heavy atom. The van der Waals surface area contributed by atoms with E-state index in [0.29, 0.717) is 31.9 Å². The van der Waals surface area contributed by atoms with E-state index >= 15 is 0 Å². The lowest BCUT2D eigenvalue weighted by atomic mass is 9.82. The first-order valence-electron chi connectivity index (χ1n) is 17.8. The van der Waals surface area contributed by atoms with Crippen LogP contribution in [0.5, 0.6) is 11.6 Å². The molecule has 1 unspecified atom stereocenters. The Morgan fingerprint density at radius 1 is 1.12 bits per heavy atom. The van der Waals surface area contributed by atoms with Crippen molar-refractivity contribution < 1.29 is 37.0 Å². The largest absolute Gasteiger partial charge is 0.492 e. The maximum Gasteiger partial charge on any atom is 0.407 e. The number of amides is 3. The van der Waals surface area contributed by atoms with Crippen LogP contribution in [0.15, 0.2) is 37.1 Å². The highest BCUT2D eigenvalue weighted by Gasteiger charge is 2.62. The minimum Gasteiger partial charge on any atom is -0.492 e. The number of pyridine rings is 1. The molecule has 3 N–H and O–H groups in total. The Balaban J connectivity index is 1.29. The molecule has 4 aliphatic rings. The number of nitrogens with one attached hydrogen (secondary N) is 3. The van der Waals surface area contributed by atoms with Crippen LogP contribution in [-0.4, -0.2) is 90.0 Å². The average molecular weight is 726 g/mol. The minimum absolute atomic E-state index is 0.230. The third-order valence-electron chi connectivity index (χ3n) is 10.3. The zero-order valence-electron chi connectivity index (χ0n) is 30.6. The summed E-state index contributed by atoms with van der Waals surface area (Å²) >= 11 is 0. The van der Waals surface area contributed by atoms with E-state index in [4.69, 9.17) is 14.2 Å². The molecule has 278 valence electrons. The molecule has 6 atom stereocenters. The summed E-state index contributed by atoms with van der Waals surface area (Å²) in [6.45, 7) is 18.1. The molecule has 1 aromatic carbocycles. The average Bonchev–Trinajstić information content (AvgIpc) is 3.92. The number of aromatic nitrogens is 1. The fourth-order valence-electron chi connectivity index (χ4n) is 7.45. The number of nitrogens with zero attached hydrogens (tertiary/aromatic N) is 2. The summed E-state index contributed by atoms with van der Waals surface area (Å²) in [5.74, 6) is -0.396. The lowest BCUT2D eigenvalue weighted by molar-refractivity contribution is -0.132. The van der Waals surface area contributed by atoms with Gasteiger partial charge in [0, 0.05) is 48.3 Å². The van der Waals surface area contributed by atoms with Gasteiger partial charge in [0.15, 0.2) is 0 Å². The SMILES string of the molecule is C=C[C@@H]1C[C@]1(NC(=O)[C@@H]1C[C@@H](Oc2nccc3c4c(ccc23)CCO4)CN1C(C)[C@@H](NC(=O)OC(C)(C)C)C(C)(C)C)C(=O)NS(=O)(=O)C1CC1. The van der Waals surface area contributed by atoms with Gasteiger partial charge in [-0.3, -0.25) is 19.2 Å². The molecule has 6 rings (SSSR count). The first kappa shape index (κ1) is 36.9. The molecule has 13 nitrogen and oxygen atoms in total. The topological polar surface area (TPSA) is 165 Å². The van der Waals surface area contributed by atoms with Crippen molar-refractivity contribution in [1.29, 1.82) is 0 Å². The van der Waals surface area contributed by atoms with Crippen LogP contribution in [0.2, 0.25) is 0 Å². The molecule has 2 aliphatic carbocycles. The number of ether oxygens (including phenoxy) is 3. The van der Waals surface area contributed by atoms with Crippen molar-refractivity contribution in [2.24, 2.45) is 11.3 Å². The van der Waals surface area contributed by atoms with Crippen LogP contribution in [0.3, 0.4) is 0 Å². The zero-order valence-corrected chi connectivity index (χ0v) is 31.4. The first-order chi connectivity index (χ1) is 23.8. The molecular formula is C37H51N5O8S. The quantitative estimate of drug-likeness (QED) is 0.289. The number of fused-ring (bicyclic) bond motifs is 3. The summed E-state index contributed by atoms with van der Waals surface area (Å²) < 4.78 is 45.8. The Labute approximate surface area is 300 Å². The molecule has 1 saturated heterocycles. The smallest absolute Gasteiger partial charge is 0.407 e. The van der Waals surface area contributed by atoms with Gasteiger partial charge in [-0.05, 0) is 70.1 Å². The van der Waals surface area contributed by atoms with Crippen molar-refractivity contribution >= 4 is 38.7 Å². The van der Waals surface area contributed by atoms with E-state index in [1.54, 1.807) is 33.0 Å². The van der Waals surface area contributed by atoms with Gasteiger partial charge in [0.2, 0.25) is 21.8 Å². The van der Waals surface area contributed by atoms with Gasteiger partial charge < -0.3 is 24.8 Å². The molecule has 0 spiro atoms. The molecule has 1 aromatic heterocycles. The lowest BCUT2D eigenvalue weighted by Gasteiger charge is -2.42. The van der Waals surface area contributed by atoms with E-state index in [1.165, 1.54) is 0 Å². The minimum atomic E-state index is -3.84. The summed E-state index contributed by atoms with van der Waals surface area (Å²) in [6, 6.07) is 4.23. The molecule has 0 radical (unpaired) electrons. The van der Waals surface area contributed by atoms with Gasteiger partial charge in [0.1, 0.15) is 23.0 Å². The van der Waals surface area contributed by atoms with Gasteiger partial charge in [-0.1, -0.05) is 32.9 Å². The van der Waals surface area contributed by atoms with Crippen LogP contribution in [0.1, 0.15) is 79.7 Å². The van der Waals surface area contributed by atoms with E-state index in [1.807, 2.05) is 50.8 Å². The molecule has 3 fully saturated rings. The fraction of sp³-hybridized carbons (Fsp3) is 0.622. The molecule has 3 amide bonds. The van der Waals surface area contributed by atoms with Crippen LogP contribution in [0.4, 0.5) is 4.79 Å². The van der Waals surface area contributed by atoms with Crippen molar-refractivity contribution in [3.8, 4) is 11.6 Å². The van der Waals surface area contributed by atoms with Crippen LogP contribution in [0.25, 0.3) is 10.8 Å². The highest BCUT2D eigenvalue weighted by molar-refractivity contribution is 7.91. The molecule has 14 heteroatoms. The van der Waals surface area contributed by atoms with Crippen molar-refractivity contribution in [1.82, 2.24) is 25.2 Å². The molecule has 2 saturated carbocycles. The number of hydrogen-bond acceptors (Lipinski definition) is 10. The monoisotopic (exact) mass is 725 g/mol. The highest BCUT2D eigenvalue weighted by atomic mass is 32.2. The molecule has 2 aliphatic heterocycles. The predicted molar refractivity (Wildman–Crippen MR) is 192 cm³/mol. The zero-order chi connectivity index (χ0) is 37.1. The number of carbonyl (C=O) groups is 3. The third-order valence-corrected chi connectivity index (χ3v) is 12.1. The van der Waals surface area contributed by atoms with Gasteiger partial charge in [-0.15, -0.1) is 6.58 Å². The van der Waals surface area contributed by atoms with E-state index in [9.17, 15) is 22.8 Å². The number of sulfonamides is 1. The molecule has 0 bridgehead atoms. The predicted octanol–water partition coefficient (Wildman–Crippen LogP) is 3.99.